The number of carbonyl (C=O) groups excluding carboxylic acids is 1. The molecule has 0 aromatic rings. The molecule has 0 saturated heterocycles. The van der Waals surface area contributed by atoms with Crippen molar-refractivity contribution in [1.29, 1.82) is 0 Å². The summed E-state index contributed by atoms with van der Waals surface area (Å²) < 4.78 is 4.63. The standard InChI is InChI=1S/C21H42O5/c1-18(2)15-13-11-9-7-5-3-4-6-8-10-12-14-16-20(24)26-21(25)19(23)17-22/h18-19,21-23,25H,3-17H2,1-2H3. The van der Waals surface area contributed by atoms with Gasteiger partial charge in [0.15, 0.2) is 0 Å². The first kappa shape index (κ1) is 25.4. The summed E-state index contributed by atoms with van der Waals surface area (Å²) in [6.07, 6.45) is 13.3. The Morgan fingerprint density at radius 1 is 0.769 bits per heavy atom. The lowest BCUT2D eigenvalue weighted by Gasteiger charge is -2.15. The van der Waals surface area contributed by atoms with Crippen LogP contribution in [0.25, 0.3) is 0 Å². The van der Waals surface area contributed by atoms with E-state index in [0.717, 1.165) is 25.2 Å². The molecule has 0 heterocycles. The van der Waals surface area contributed by atoms with Gasteiger partial charge in [0.1, 0.15) is 6.10 Å². The molecule has 2 atom stereocenters. The van der Waals surface area contributed by atoms with E-state index in [1.165, 1.54) is 64.2 Å². The summed E-state index contributed by atoms with van der Waals surface area (Å²) in [5.41, 5.74) is 0. The fourth-order valence-electron chi connectivity index (χ4n) is 2.95. The van der Waals surface area contributed by atoms with Crippen molar-refractivity contribution in [1.82, 2.24) is 0 Å². The second-order valence-electron chi connectivity index (χ2n) is 7.81. The fraction of sp³-hybridized carbons (Fsp3) is 0.952. The minimum atomic E-state index is -1.64. The van der Waals surface area contributed by atoms with Gasteiger partial charge >= 0.3 is 5.97 Å². The van der Waals surface area contributed by atoms with Crippen molar-refractivity contribution in [2.75, 3.05) is 6.61 Å². The third kappa shape index (κ3) is 16.8. The molecule has 0 aliphatic carbocycles. The molecule has 0 aromatic carbocycles. The van der Waals surface area contributed by atoms with Crippen LogP contribution in [0, 0.1) is 5.92 Å². The van der Waals surface area contributed by atoms with Gasteiger partial charge in [0, 0.05) is 6.42 Å². The highest BCUT2D eigenvalue weighted by Crippen LogP contribution is 2.14. The van der Waals surface area contributed by atoms with Crippen molar-refractivity contribution in [2.45, 2.75) is 116 Å². The number of esters is 1. The number of carbonyl (C=O) groups is 1. The van der Waals surface area contributed by atoms with Crippen LogP contribution in [-0.2, 0) is 9.53 Å². The number of aliphatic hydroxyl groups excluding tert-OH is 3. The van der Waals surface area contributed by atoms with Crippen LogP contribution < -0.4 is 0 Å². The maximum absolute atomic E-state index is 11.4. The first-order valence-corrected chi connectivity index (χ1v) is 10.6. The summed E-state index contributed by atoms with van der Waals surface area (Å²) in [4.78, 5) is 11.4. The Hall–Kier alpha value is -0.650. The van der Waals surface area contributed by atoms with Crippen LogP contribution in [0.4, 0.5) is 0 Å². The van der Waals surface area contributed by atoms with Gasteiger partial charge in [-0.2, -0.15) is 0 Å². The lowest BCUT2D eigenvalue weighted by atomic mass is 10.0. The molecule has 0 radical (unpaired) electrons. The molecule has 5 nitrogen and oxygen atoms in total. The average molecular weight is 375 g/mol. The van der Waals surface area contributed by atoms with Crippen LogP contribution in [0.2, 0.25) is 0 Å². The van der Waals surface area contributed by atoms with Crippen LogP contribution >= 0.6 is 0 Å². The zero-order valence-electron chi connectivity index (χ0n) is 17.0. The summed E-state index contributed by atoms with van der Waals surface area (Å²) in [6, 6.07) is 0. The minimum Gasteiger partial charge on any atom is -0.433 e. The molecule has 0 bridgehead atoms. The molecule has 156 valence electrons. The van der Waals surface area contributed by atoms with E-state index in [-0.39, 0.29) is 6.42 Å². The summed E-state index contributed by atoms with van der Waals surface area (Å²) in [5.74, 6) is 0.310. The molecular formula is C21H42O5. The summed E-state index contributed by atoms with van der Waals surface area (Å²) >= 11 is 0. The number of unbranched alkanes of at least 4 members (excludes halogenated alkanes) is 11. The number of ether oxygens (including phenoxy) is 1. The zero-order chi connectivity index (χ0) is 19.6. The van der Waals surface area contributed by atoms with Crippen LogP contribution in [0.1, 0.15) is 104 Å². The minimum absolute atomic E-state index is 0.242. The maximum atomic E-state index is 11.4. The van der Waals surface area contributed by atoms with E-state index in [9.17, 15) is 9.90 Å². The topological polar surface area (TPSA) is 87.0 Å². The average Bonchev–Trinajstić information content (AvgIpc) is 2.60. The van der Waals surface area contributed by atoms with E-state index in [4.69, 9.17) is 10.2 Å². The Labute approximate surface area is 160 Å². The van der Waals surface area contributed by atoms with E-state index < -0.39 is 25.0 Å². The Balaban J connectivity index is 3.25. The molecule has 0 saturated carbocycles. The molecule has 26 heavy (non-hydrogen) atoms. The second-order valence-corrected chi connectivity index (χ2v) is 7.81. The number of hydrogen-bond acceptors (Lipinski definition) is 5. The first-order chi connectivity index (χ1) is 12.5. The molecule has 2 unspecified atom stereocenters. The normalized spacial score (nSPS) is 13.8. The molecule has 0 aliphatic rings. The van der Waals surface area contributed by atoms with Crippen molar-refractivity contribution >= 4 is 5.97 Å². The summed E-state index contributed by atoms with van der Waals surface area (Å²) in [7, 11) is 0. The largest absolute Gasteiger partial charge is 0.433 e. The second kappa shape index (κ2) is 17.7. The van der Waals surface area contributed by atoms with Gasteiger partial charge in [0.05, 0.1) is 6.61 Å². The Morgan fingerprint density at radius 3 is 1.62 bits per heavy atom. The Bertz CT molecular complexity index is 320. The van der Waals surface area contributed by atoms with Crippen LogP contribution in [0.3, 0.4) is 0 Å². The highest BCUT2D eigenvalue weighted by molar-refractivity contribution is 5.69. The van der Waals surface area contributed by atoms with Gasteiger partial charge in [-0.25, -0.2) is 0 Å². The first-order valence-electron chi connectivity index (χ1n) is 10.6. The molecule has 0 aliphatic heterocycles. The fourth-order valence-corrected chi connectivity index (χ4v) is 2.95. The van der Waals surface area contributed by atoms with Crippen molar-refractivity contribution in [3.63, 3.8) is 0 Å². The molecule has 5 heteroatoms. The molecule has 0 amide bonds. The zero-order valence-corrected chi connectivity index (χ0v) is 17.0. The Morgan fingerprint density at radius 2 is 1.19 bits per heavy atom. The van der Waals surface area contributed by atoms with E-state index in [2.05, 4.69) is 18.6 Å². The molecule has 0 spiro atoms. The lowest BCUT2D eigenvalue weighted by molar-refractivity contribution is -0.190. The van der Waals surface area contributed by atoms with Gasteiger partial charge in [-0.15, -0.1) is 0 Å². The van der Waals surface area contributed by atoms with E-state index in [0.29, 0.717) is 0 Å². The van der Waals surface area contributed by atoms with E-state index in [1.807, 2.05) is 0 Å². The SMILES string of the molecule is CC(C)CCCCCCCCCCCCCCC(=O)OC(O)C(O)CO. The van der Waals surface area contributed by atoms with Crippen LogP contribution in [-0.4, -0.2) is 40.3 Å². The lowest BCUT2D eigenvalue weighted by Crippen LogP contribution is -2.33. The highest BCUT2D eigenvalue weighted by Gasteiger charge is 2.19. The van der Waals surface area contributed by atoms with Gasteiger partial charge in [0.25, 0.3) is 0 Å². The molecule has 0 fully saturated rings. The number of hydrogen-bond donors (Lipinski definition) is 3. The predicted octanol–water partition coefficient (Wildman–Crippen LogP) is 4.32. The third-order valence-corrected chi connectivity index (χ3v) is 4.68. The third-order valence-electron chi connectivity index (χ3n) is 4.68. The van der Waals surface area contributed by atoms with Crippen molar-refractivity contribution in [2.24, 2.45) is 5.92 Å². The highest BCUT2D eigenvalue weighted by atomic mass is 16.6. The number of rotatable bonds is 18. The maximum Gasteiger partial charge on any atom is 0.308 e. The number of aliphatic hydroxyl groups is 3. The van der Waals surface area contributed by atoms with Crippen molar-refractivity contribution < 1.29 is 24.9 Å². The molecule has 0 rings (SSSR count). The van der Waals surface area contributed by atoms with Gasteiger partial charge < -0.3 is 20.1 Å². The van der Waals surface area contributed by atoms with Gasteiger partial charge in [-0.1, -0.05) is 90.9 Å². The monoisotopic (exact) mass is 374 g/mol. The van der Waals surface area contributed by atoms with Crippen molar-refractivity contribution in [3.05, 3.63) is 0 Å². The summed E-state index contributed by atoms with van der Waals surface area (Å²) in [6.45, 7) is 3.95. The van der Waals surface area contributed by atoms with Gasteiger partial charge in [-0.05, 0) is 12.3 Å². The Kier molecular flexibility index (Phi) is 17.3. The van der Waals surface area contributed by atoms with E-state index in [1.54, 1.807) is 0 Å². The van der Waals surface area contributed by atoms with E-state index >= 15 is 0 Å². The smallest absolute Gasteiger partial charge is 0.308 e. The van der Waals surface area contributed by atoms with Crippen molar-refractivity contribution in [3.8, 4) is 0 Å². The van der Waals surface area contributed by atoms with Gasteiger partial charge in [0.2, 0.25) is 6.29 Å². The quantitative estimate of drug-likeness (QED) is 0.189. The molecule has 0 aromatic heterocycles. The summed E-state index contributed by atoms with van der Waals surface area (Å²) in [5, 5.41) is 27.0. The van der Waals surface area contributed by atoms with Gasteiger partial charge in [-0.3, -0.25) is 4.79 Å². The molecule has 3 N–H and O–H groups in total. The molecular weight excluding hydrogens is 332 g/mol. The predicted molar refractivity (Wildman–Crippen MR) is 105 cm³/mol. The van der Waals surface area contributed by atoms with Crippen LogP contribution in [0.15, 0.2) is 0 Å². The van der Waals surface area contributed by atoms with Crippen LogP contribution in [0.5, 0.6) is 0 Å².